The molecule has 3 aliphatic rings. The van der Waals surface area contributed by atoms with Gasteiger partial charge in [-0.3, -0.25) is 0 Å². The van der Waals surface area contributed by atoms with Crippen molar-refractivity contribution in [1.82, 2.24) is 35.4 Å². The molecule has 1 N–H and O–H groups in total. The van der Waals surface area contributed by atoms with Crippen LogP contribution in [0.15, 0.2) is 24.4 Å². The summed E-state index contributed by atoms with van der Waals surface area (Å²) in [5.74, 6) is 0.827. The molecule has 1 aromatic carbocycles. The lowest BCUT2D eigenvalue weighted by Crippen LogP contribution is -2.61. The number of aromatic hydroxyl groups is 1. The summed E-state index contributed by atoms with van der Waals surface area (Å²) in [7, 11) is 1.66. The molecule has 2 aromatic heterocycles. The average Bonchev–Trinajstić information content (AvgIpc) is 3.18. The highest BCUT2D eigenvalue weighted by Gasteiger charge is 2.85. The van der Waals surface area contributed by atoms with E-state index in [1.807, 2.05) is 6.92 Å². The van der Waals surface area contributed by atoms with E-state index < -0.39 is 30.7 Å². The molecule has 2 bridgehead atoms. The number of halogens is 1. The molecule has 3 aromatic rings. The smallest absolute Gasteiger partial charge is 0.205 e. The molecule has 3 aliphatic carbocycles. The zero-order valence-electron chi connectivity index (χ0n) is 22.1. The van der Waals surface area contributed by atoms with Gasteiger partial charge in [-0.25, -0.2) is 9.37 Å². The Balaban J connectivity index is 1.38. The minimum absolute atomic E-state index is 0.0322. The maximum absolute atomic E-state index is 16.6. The first-order valence-electron chi connectivity index (χ1n) is 13.0. The van der Waals surface area contributed by atoms with Crippen LogP contribution in [0.1, 0.15) is 46.0 Å². The van der Waals surface area contributed by atoms with Crippen molar-refractivity contribution < 1.29 is 9.50 Å². The molecule has 4 atom stereocenters. The number of fused-ring (bicyclic) bond motifs is 2. The SMILES string of the molecule is Cn1nnc(-c2ccc(-c3ncc(N([C@@H]4C[C@@]5(C)CCC[C@](C)(C5)[C@@H]4F)C4(S)C(S)(S)C4(S)S)nn3)c(O)c2)n1. The van der Waals surface area contributed by atoms with Crippen molar-refractivity contribution in [1.29, 1.82) is 0 Å². The van der Waals surface area contributed by atoms with Gasteiger partial charge in [-0.05, 0) is 48.4 Å². The van der Waals surface area contributed by atoms with Crippen LogP contribution in [0.5, 0.6) is 5.75 Å². The Morgan fingerprint density at radius 1 is 1.02 bits per heavy atom. The van der Waals surface area contributed by atoms with E-state index >= 15 is 4.39 Å². The highest BCUT2D eigenvalue weighted by atomic mass is 32.2. The Bertz CT molecular complexity index is 1460. The Morgan fingerprint density at radius 3 is 2.33 bits per heavy atom. The van der Waals surface area contributed by atoms with Crippen LogP contribution in [0.2, 0.25) is 0 Å². The second kappa shape index (κ2) is 9.29. The van der Waals surface area contributed by atoms with Gasteiger partial charge in [0.25, 0.3) is 0 Å². The van der Waals surface area contributed by atoms with Crippen LogP contribution in [0, 0.1) is 10.8 Å². The standard InChI is InChI=1S/C25H31FN8OS5/c1-21-7-4-8-22(2,12-21)18(26)15(10-21)34(23(36)24(37,38)25(23,39)40)17-11-27-20(29-28-17)14-6-5-13(9-16(14)35)19-30-32-33(3)31-19/h5-6,9,11,15,18,35-40H,4,7-8,10,12H2,1-3H3/t15-,18-,21-,22-/m1/s1. The van der Waals surface area contributed by atoms with Gasteiger partial charge < -0.3 is 10.0 Å². The van der Waals surface area contributed by atoms with Gasteiger partial charge in [0, 0.05) is 11.0 Å². The predicted molar refractivity (Wildman–Crippen MR) is 168 cm³/mol. The maximum atomic E-state index is 16.6. The number of anilines is 1. The van der Waals surface area contributed by atoms with Crippen LogP contribution in [-0.4, -0.2) is 65.7 Å². The normalized spacial score (nSPS) is 31.5. The number of tetrazole rings is 1. The van der Waals surface area contributed by atoms with Crippen molar-refractivity contribution in [2.24, 2.45) is 17.9 Å². The summed E-state index contributed by atoms with van der Waals surface area (Å²) in [6.07, 6.45) is 4.64. The molecule has 15 heteroatoms. The molecule has 9 nitrogen and oxygen atoms in total. The van der Waals surface area contributed by atoms with E-state index in [0.29, 0.717) is 29.2 Å². The molecule has 0 radical (unpaired) electrons. The van der Waals surface area contributed by atoms with Crippen molar-refractivity contribution >= 4 is 69.0 Å². The number of nitrogens with zero attached hydrogens (tertiary/aromatic N) is 8. The fourth-order valence-corrected chi connectivity index (χ4v) is 9.68. The summed E-state index contributed by atoms with van der Waals surface area (Å²) in [6.45, 7) is 4.27. The van der Waals surface area contributed by atoms with Gasteiger partial charge in [0.1, 0.15) is 25.0 Å². The van der Waals surface area contributed by atoms with Gasteiger partial charge in [0.05, 0.1) is 24.8 Å². The maximum Gasteiger partial charge on any atom is 0.205 e. The molecule has 0 amide bonds. The Kier molecular flexibility index (Phi) is 6.66. The van der Waals surface area contributed by atoms with Crippen LogP contribution >= 0.6 is 63.1 Å². The number of phenolic OH excluding ortho intramolecular Hbond substituents is 1. The van der Waals surface area contributed by atoms with Crippen LogP contribution in [0.25, 0.3) is 22.8 Å². The minimum atomic E-state index is -1.18. The number of rotatable bonds is 5. The van der Waals surface area contributed by atoms with Gasteiger partial charge >= 0.3 is 0 Å². The Hall–Kier alpha value is -1.42. The summed E-state index contributed by atoms with van der Waals surface area (Å²) in [4.78, 5) is 6.47. The van der Waals surface area contributed by atoms with Gasteiger partial charge in [-0.15, -0.1) is 33.0 Å². The fraction of sp³-hybridized carbons (Fsp3) is 0.600. The number of hydrogen-bond donors (Lipinski definition) is 6. The van der Waals surface area contributed by atoms with E-state index in [4.69, 9.17) is 63.1 Å². The third-order valence-corrected chi connectivity index (χ3v) is 13.9. The summed E-state index contributed by atoms with van der Waals surface area (Å²) in [5, 5.41) is 31.5. The number of benzene rings is 1. The largest absolute Gasteiger partial charge is 0.507 e. The second-order valence-corrected chi connectivity index (χ2v) is 16.1. The van der Waals surface area contributed by atoms with E-state index in [-0.39, 0.29) is 17.0 Å². The fourth-order valence-electron chi connectivity index (χ4n) is 6.92. The number of aromatic nitrogens is 7. The summed E-state index contributed by atoms with van der Waals surface area (Å²) in [6, 6.07) is 4.34. The molecular formula is C25H31FN8OS5. The lowest BCUT2D eigenvalue weighted by Gasteiger charge is -2.57. The van der Waals surface area contributed by atoms with E-state index in [1.165, 1.54) is 17.1 Å². The van der Waals surface area contributed by atoms with Gasteiger partial charge in [0.2, 0.25) is 5.82 Å². The van der Waals surface area contributed by atoms with Crippen molar-refractivity contribution in [3.05, 3.63) is 24.4 Å². The average molecular weight is 639 g/mol. The lowest BCUT2D eigenvalue weighted by atomic mass is 9.54. The van der Waals surface area contributed by atoms with Gasteiger partial charge in [-0.1, -0.05) is 26.3 Å². The summed E-state index contributed by atoms with van der Waals surface area (Å²) in [5.41, 5.74) is 0.449. The lowest BCUT2D eigenvalue weighted by molar-refractivity contribution is -0.0558. The molecular weight excluding hydrogens is 608 g/mol. The van der Waals surface area contributed by atoms with Crippen LogP contribution in [0.4, 0.5) is 10.2 Å². The Labute approximate surface area is 259 Å². The Morgan fingerprint density at radius 2 is 1.75 bits per heavy atom. The monoisotopic (exact) mass is 638 g/mol. The van der Waals surface area contributed by atoms with Gasteiger partial charge in [0.15, 0.2) is 11.6 Å². The van der Waals surface area contributed by atoms with Crippen LogP contribution in [-0.2, 0) is 7.05 Å². The number of phenols is 1. The van der Waals surface area contributed by atoms with Crippen LogP contribution in [0.3, 0.4) is 0 Å². The van der Waals surface area contributed by atoms with Crippen molar-refractivity contribution in [3.8, 4) is 28.5 Å². The number of alkyl halides is 1. The first-order valence-corrected chi connectivity index (χ1v) is 15.2. The molecule has 6 rings (SSSR count). The second-order valence-electron chi connectivity index (χ2n) is 12.0. The molecule has 2 heterocycles. The van der Waals surface area contributed by atoms with Crippen molar-refractivity contribution in [3.63, 3.8) is 0 Å². The molecule has 0 aliphatic heterocycles. The molecule has 214 valence electrons. The number of aryl methyl sites for hydroxylation is 1. The molecule has 40 heavy (non-hydrogen) atoms. The van der Waals surface area contributed by atoms with E-state index in [2.05, 4.69) is 37.5 Å². The number of thiol groups is 5. The molecule has 3 saturated carbocycles. The minimum Gasteiger partial charge on any atom is -0.507 e. The summed E-state index contributed by atoms with van der Waals surface area (Å²) >= 11 is 24.0. The van der Waals surface area contributed by atoms with Crippen molar-refractivity contribution in [2.45, 2.75) is 71.2 Å². The first-order chi connectivity index (χ1) is 18.6. The first kappa shape index (κ1) is 28.7. The van der Waals surface area contributed by atoms with E-state index in [1.54, 1.807) is 24.1 Å². The number of hydrogen-bond acceptors (Lipinski definition) is 13. The zero-order valence-corrected chi connectivity index (χ0v) is 26.6. The third-order valence-electron chi connectivity index (χ3n) is 8.94. The van der Waals surface area contributed by atoms with E-state index in [0.717, 1.165) is 25.7 Å². The molecule has 0 unspecified atom stereocenters. The van der Waals surface area contributed by atoms with Crippen molar-refractivity contribution in [2.75, 3.05) is 4.90 Å². The van der Waals surface area contributed by atoms with Crippen LogP contribution < -0.4 is 4.90 Å². The van der Waals surface area contributed by atoms with E-state index in [9.17, 15) is 5.11 Å². The topological polar surface area (TPSA) is 106 Å². The molecule has 0 saturated heterocycles. The highest BCUT2D eigenvalue weighted by Crippen LogP contribution is 2.76. The zero-order chi connectivity index (χ0) is 28.9. The highest BCUT2D eigenvalue weighted by molar-refractivity contribution is 8.13. The third kappa shape index (κ3) is 4.08. The quantitative estimate of drug-likeness (QED) is 0.177. The molecule has 3 fully saturated rings. The predicted octanol–water partition coefficient (Wildman–Crippen LogP) is 4.69. The van der Waals surface area contributed by atoms with Gasteiger partial charge in [-0.2, -0.15) is 55.3 Å². The molecule has 0 spiro atoms. The summed E-state index contributed by atoms with van der Waals surface area (Å²) < 4.78 is 14.4.